The van der Waals surface area contributed by atoms with Gasteiger partial charge in [-0.15, -0.1) is 0 Å². The van der Waals surface area contributed by atoms with Crippen molar-refractivity contribution in [1.29, 1.82) is 0 Å². The van der Waals surface area contributed by atoms with Crippen molar-refractivity contribution in [3.8, 4) is 5.69 Å². The Balaban J connectivity index is 1.51. The number of anilines is 1. The summed E-state index contributed by atoms with van der Waals surface area (Å²) < 4.78 is 41.1. The zero-order valence-corrected chi connectivity index (χ0v) is 21.0. The molecule has 3 heterocycles. The third-order valence-corrected chi connectivity index (χ3v) is 8.52. The van der Waals surface area contributed by atoms with Gasteiger partial charge in [-0.05, 0) is 56.4 Å². The van der Waals surface area contributed by atoms with Crippen molar-refractivity contribution in [2.45, 2.75) is 64.3 Å². The van der Waals surface area contributed by atoms with Crippen molar-refractivity contribution in [1.82, 2.24) is 19.6 Å². The Bertz CT molecular complexity index is 1380. The first kappa shape index (κ1) is 23.7. The molecule has 0 unspecified atom stereocenters. The molecular formula is C25H30FN5O3S. The average Bonchev–Trinajstić information content (AvgIpc) is 3.49. The Hall–Kier alpha value is -3.01. The lowest BCUT2D eigenvalue weighted by molar-refractivity contribution is 0.101. The van der Waals surface area contributed by atoms with Gasteiger partial charge >= 0.3 is 0 Å². The molecule has 3 aromatic rings. The first-order chi connectivity index (χ1) is 16.5. The van der Waals surface area contributed by atoms with Crippen LogP contribution in [-0.4, -0.2) is 45.4 Å². The van der Waals surface area contributed by atoms with E-state index in [4.69, 9.17) is 5.10 Å². The monoisotopic (exact) mass is 499 g/mol. The van der Waals surface area contributed by atoms with Crippen molar-refractivity contribution in [3.63, 3.8) is 0 Å². The quantitative estimate of drug-likeness (QED) is 0.585. The molecule has 0 saturated carbocycles. The fraction of sp³-hybridized carbons (Fsp3) is 0.480. The van der Waals surface area contributed by atoms with Gasteiger partial charge in [0.05, 0.1) is 28.9 Å². The molecule has 0 spiro atoms. The molecule has 1 fully saturated rings. The molecule has 5 rings (SSSR count). The van der Waals surface area contributed by atoms with Crippen molar-refractivity contribution in [3.05, 3.63) is 58.8 Å². The van der Waals surface area contributed by atoms with Crippen LogP contribution in [0.5, 0.6) is 0 Å². The van der Waals surface area contributed by atoms with E-state index in [1.54, 1.807) is 21.5 Å². The highest BCUT2D eigenvalue weighted by Crippen LogP contribution is 2.32. The molecule has 10 heteroatoms. The summed E-state index contributed by atoms with van der Waals surface area (Å²) in [7, 11) is -3.13. The minimum Gasteiger partial charge on any atom is -0.305 e. The van der Waals surface area contributed by atoms with Crippen molar-refractivity contribution in [2.75, 3.05) is 16.8 Å². The largest absolute Gasteiger partial charge is 0.305 e. The van der Waals surface area contributed by atoms with Gasteiger partial charge < -0.3 is 5.32 Å². The Morgan fingerprint density at radius 2 is 1.83 bits per heavy atom. The zero-order valence-electron chi connectivity index (χ0n) is 20.2. The number of sulfone groups is 1. The predicted molar refractivity (Wildman–Crippen MR) is 131 cm³/mol. The van der Waals surface area contributed by atoms with Gasteiger partial charge in [-0.3, -0.25) is 4.79 Å². The van der Waals surface area contributed by atoms with Crippen molar-refractivity contribution < 1.29 is 17.6 Å². The highest BCUT2D eigenvalue weighted by molar-refractivity contribution is 7.91. The minimum absolute atomic E-state index is 0.00965. The van der Waals surface area contributed by atoms with E-state index in [-0.39, 0.29) is 34.7 Å². The number of nitrogens with zero attached hydrogens (tertiary/aromatic N) is 4. The van der Waals surface area contributed by atoms with Crippen LogP contribution in [0.2, 0.25) is 0 Å². The molecule has 1 aliphatic heterocycles. The molecule has 0 bridgehead atoms. The van der Waals surface area contributed by atoms with Crippen molar-refractivity contribution in [2.24, 2.45) is 0 Å². The molecule has 2 aromatic heterocycles. The number of carbonyl (C=O) groups excluding carboxylic acids is 1. The third kappa shape index (κ3) is 4.63. The van der Waals surface area contributed by atoms with Gasteiger partial charge in [-0.2, -0.15) is 10.2 Å². The topological polar surface area (TPSA) is 98.9 Å². The third-order valence-electron chi connectivity index (χ3n) is 6.77. The second-order valence-electron chi connectivity index (χ2n) is 10.5. The summed E-state index contributed by atoms with van der Waals surface area (Å²) in [5.74, 6) is -0.0832. The van der Waals surface area contributed by atoms with Crippen LogP contribution < -0.4 is 5.32 Å². The normalized spacial score (nSPS) is 19.5. The minimum atomic E-state index is -3.13. The molecule has 1 amide bonds. The van der Waals surface area contributed by atoms with Gasteiger partial charge in [0.2, 0.25) is 0 Å². The molecule has 2 aliphatic rings. The van der Waals surface area contributed by atoms with E-state index in [0.29, 0.717) is 23.6 Å². The van der Waals surface area contributed by atoms with E-state index in [2.05, 4.69) is 10.4 Å². The first-order valence-electron chi connectivity index (χ1n) is 12.0. The molecule has 8 nitrogen and oxygen atoms in total. The number of nitrogens with one attached hydrogen (secondary N) is 1. The standard InChI is InChI=1S/C25H30FN5O3S/c1-25(2,3)21-14-22(31(28-21)18-12-13-35(33,34)15-18)27-24(32)23-19-6-4-5-7-20(19)30(29-23)17-10-8-16(26)9-11-17/h8-11,14,18H,4-7,12-13,15H2,1-3H3,(H,27,32)/t18-/m0/s1. The lowest BCUT2D eigenvalue weighted by Gasteiger charge is -2.16. The van der Waals surface area contributed by atoms with E-state index < -0.39 is 9.84 Å². The van der Waals surface area contributed by atoms with E-state index in [1.165, 1.54) is 12.1 Å². The van der Waals surface area contributed by atoms with E-state index in [0.717, 1.165) is 42.6 Å². The smallest absolute Gasteiger partial charge is 0.277 e. The lowest BCUT2D eigenvalue weighted by atomic mass is 9.92. The number of fused-ring (bicyclic) bond motifs is 1. The Morgan fingerprint density at radius 1 is 1.11 bits per heavy atom. The molecule has 1 atom stereocenters. The number of hydrogen-bond donors (Lipinski definition) is 1. The summed E-state index contributed by atoms with van der Waals surface area (Å²) in [5, 5.41) is 12.3. The molecule has 1 N–H and O–H groups in total. The lowest BCUT2D eigenvalue weighted by Crippen LogP contribution is -2.21. The summed E-state index contributed by atoms with van der Waals surface area (Å²) >= 11 is 0. The maximum absolute atomic E-state index is 13.5. The van der Waals surface area contributed by atoms with Gasteiger partial charge in [0, 0.05) is 22.7 Å². The van der Waals surface area contributed by atoms with Gasteiger partial charge in [-0.1, -0.05) is 20.8 Å². The van der Waals surface area contributed by atoms with Crippen LogP contribution >= 0.6 is 0 Å². The molecule has 35 heavy (non-hydrogen) atoms. The van der Waals surface area contributed by atoms with Crippen LogP contribution in [0, 0.1) is 5.82 Å². The first-order valence-corrected chi connectivity index (χ1v) is 13.8. The van der Waals surface area contributed by atoms with Crippen LogP contribution in [0.15, 0.2) is 30.3 Å². The van der Waals surface area contributed by atoms with Crippen LogP contribution in [0.25, 0.3) is 5.69 Å². The summed E-state index contributed by atoms with van der Waals surface area (Å²) in [6.45, 7) is 6.08. The average molecular weight is 500 g/mol. The Morgan fingerprint density at radius 3 is 2.49 bits per heavy atom. The fourth-order valence-corrected chi connectivity index (χ4v) is 6.55. The highest BCUT2D eigenvalue weighted by Gasteiger charge is 2.34. The SMILES string of the molecule is CC(C)(C)c1cc(NC(=O)c2nn(-c3ccc(F)cc3)c3c2CCCC3)n([C@H]2CCS(=O)(=O)C2)n1. The predicted octanol–water partition coefficient (Wildman–Crippen LogP) is 4.00. The van der Waals surface area contributed by atoms with E-state index in [1.807, 2.05) is 26.8 Å². The molecule has 1 aliphatic carbocycles. The number of hydrogen-bond acceptors (Lipinski definition) is 5. The zero-order chi connectivity index (χ0) is 25.0. The van der Waals surface area contributed by atoms with E-state index in [9.17, 15) is 17.6 Å². The number of carbonyl (C=O) groups is 1. The van der Waals surface area contributed by atoms with Crippen LogP contribution in [0.3, 0.4) is 0 Å². The summed E-state index contributed by atoms with van der Waals surface area (Å²) in [6, 6.07) is 7.58. The Labute approximate surface area is 204 Å². The van der Waals surface area contributed by atoms with Gasteiger partial charge in [0.1, 0.15) is 11.6 Å². The van der Waals surface area contributed by atoms with Crippen LogP contribution in [0.1, 0.15) is 73.5 Å². The van der Waals surface area contributed by atoms with Gasteiger partial charge in [-0.25, -0.2) is 22.2 Å². The Kier molecular flexibility index (Phi) is 5.82. The van der Waals surface area contributed by atoms with Gasteiger partial charge in [0.15, 0.2) is 15.5 Å². The second kappa shape index (κ2) is 8.58. The number of halogens is 1. The molecule has 186 valence electrons. The molecule has 0 radical (unpaired) electrons. The maximum Gasteiger partial charge on any atom is 0.277 e. The number of benzene rings is 1. The summed E-state index contributed by atoms with van der Waals surface area (Å²) in [6.07, 6.45) is 3.96. The van der Waals surface area contributed by atoms with Crippen molar-refractivity contribution >= 4 is 21.6 Å². The molecule has 1 saturated heterocycles. The number of aromatic nitrogens is 4. The van der Waals surface area contributed by atoms with Crippen LogP contribution in [-0.2, 0) is 28.1 Å². The highest BCUT2D eigenvalue weighted by atomic mass is 32.2. The van der Waals surface area contributed by atoms with Crippen LogP contribution in [0.4, 0.5) is 10.2 Å². The number of rotatable bonds is 4. The molecular weight excluding hydrogens is 469 g/mol. The molecule has 1 aromatic carbocycles. The summed E-state index contributed by atoms with van der Waals surface area (Å²) in [5.41, 5.74) is 3.43. The maximum atomic E-state index is 13.5. The van der Waals surface area contributed by atoms with Gasteiger partial charge in [0.25, 0.3) is 5.91 Å². The number of amides is 1. The second-order valence-corrected chi connectivity index (χ2v) is 12.7. The fourth-order valence-electron chi connectivity index (χ4n) is 4.85. The summed E-state index contributed by atoms with van der Waals surface area (Å²) in [4.78, 5) is 13.5. The van der Waals surface area contributed by atoms with E-state index >= 15 is 0 Å².